The van der Waals surface area contributed by atoms with Gasteiger partial charge in [0.2, 0.25) is 5.91 Å². The lowest BCUT2D eigenvalue weighted by Crippen LogP contribution is -2.15. The van der Waals surface area contributed by atoms with Crippen molar-refractivity contribution in [3.8, 4) is 0 Å². The standard InChI is InChI=1S/C16H18BrNO/c17-11-7-9-12(10-8-11)18-16(19)15-13-5-3-1-2-4-6-14(13)15/h3,5,7-10,13-15H,1-2,4,6H2,(H,18,19)/b5-3-/t13-,14-,15+/m0/s1. The zero-order valence-corrected chi connectivity index (χ0v) is 12.4. The minimum Gasteiger partial charge on any atom is -0.326 e. The maximum absolute atomic E-state index is 12.3. The van der Waals surface area contributed by atoms with Gasteiger partial charge < -0.3 is 5.32 Å². The highest BCUT2D eigenvalue weighted by molar-refractivity contribution is 9.10. The predicted molar refractivity (Wildman–Crippen MR) is 80.8 cm³/mol. The first-order valence-electron chi connectivity index (χ1n) is 6.99. The van der Waals surface area contributed by atoms with E-state index in [4.69, 9.17) is 0 Å². The fourth-order valence-electron chi connectivity index (χ4n) is 3.06. The summed E-state index contributed by atoms with van der Waals surface area (Å²) in [7, 11) is 0. The molecule has 0 unspecified atom stereocenters. The third kappa shape index (κ3) is 2.92. The zero-order chi connectivity index (χ0) is 13.2. The quantitative estimate of drug-likeness (QED) is 0.805. The van der Waals surface area contributed by atoms with E-state index < -0.39 is 0 Å². The van der Waals surface area contributed by atoms with Crippen molar-refractivity contribution in [3.05, 3.63) is 40.9 Å². The topological polar surface area (TPSA) is 29.1 Å². The average Bonchev–Trinajstić information content (AvgIpc) is 3.03. The molecule has 2 nitrogen and oxygen atoms in total. The second kappa shape index (κ2) is 5.49. The summed E-state index contributed by atoms with van der Waals surface area (Å²) in [6, 6.07) is 7.77. The highest BCUT2D eigenvalue weighted by Crippen LogP contribution is 2.51. The summed E-state index contributed by atoms with van der Waals surface area (Å²) in [4.78, 5) is 12.3. The second-order valence-corrected chi connectivity index (χ2v) is 6.39. The lowest BCUT2D eigenvalue weighted by Gasteiger charge is -2.04. The Labute approximate surface area is 122 Å². The molecule has 3 rings (SSSR count). The molecule has 3 heteroatoms. The largest absolute Gasteiger partial charge is 0.326 e. The van der Waals surface area contributed by atoms with Crippen LogP contribution < -0.4 is 5.32 Å². The molecule has 2 aliphatic rings. The van der Waals surface area contributed by atoms with E-state index in [0.29, 0.717) is 11.8 Å². The van der Waals surface area contributed by atoms with E-state index in [0.717, 1.165) is 10.2 Å². The van der Waals surface area contributed by atoms with Crippen LogP contribution in [0.1, 0.15) is 25.7 Å². The van der Waals surface area contributed by atoms with E-state index in [1.165, 1.54) is 25.7 Å². The number of carbonyl (C=O) groups excluding carboxylic acids is 1. The Balaban J connectivity index is 1.64. The number of rotatable bonds is 2. The molecule has 100 valence electrons. The van der Waals surface area contributed by atoms with Crippen LogP contribution in [0.2, 0.25) is 0 Å². The van der Waals surface area contributed by atoms with Crippen LogP contribution in [0.5, 0.6) is 0 Å². The van der Waals surface area contributed by atoms with Gasteiger partial charge in [-0.05, 0) is 55.4 Å². The Bertz CT molecular complexity index is 494. The summed E-state index contributed by atoms with van der Waals surface area (Å²) >= 11 is 3.40. The van der Waals surface area contributed by atoms with Gasteiger partial charge in [0.15, 0.2) is 0 Å². The number of hydrogen-bond donors (Lipinski definition) is 1. The van der Waals surface area contributed by atoms with Gasteiger partial charge in [-0.2, -0.15) is 0 Å². The molecule has 19 heavy (non-hydrogen) atoms. The number of nitrogens with one attached hydrogen (secondary N) is 1. The van der Waals surface area contributed by atoms with Crippen LogP contribution in [0.15, 0.2) is 40.9 Å². The number of amides is 1. The molecule has 1 saturated carbocycles. The van der Waals surface area contributed by atoms with Crippen molar-refractivity contribution >= 4 is 27.5 Å². The van der Waals surface area contributed by atoms with Gasteiger partial charge in [-0.25, -0.2) is 0 Å². The molecule has 0 heterocycles. The molecule has 0 saturated heterocycles. The Hall–Kier alpha value is -1.09. The highest BCUT2D eigenvalue weighted by atomic mass is 79.9. The summed E-state index contributed by atoms with van der Waals surface area (Å²) in [6.45, 7) is 0. The molecule has 0 bridgehead atoms. The first-order chi connectivity index (χ1) is 9.25. The molecular formula is C16H18BrNO. The van der Waals surface area contributed by atoms with E-state index in [-0.39, 0.29) is 11.8 Å². The first-order valence-corrected chi connectivity index (χ1v) is 7.78. The average molecular weight is 320 g/mol. The van der Waals surface area contributed by atoms with Crippen molar-refractivity contribution in [2.45, 2.75) is 25.7 Å². The first kappa shape index (κ1) is 12.9. The molecule has 0 aromatic heterocycles. The highest BCUT2D eigenvalue weighted by Gasteiger charge is 2.52. The summed E-state index contributed by atoms with van der Waals surface area (Å²) in [5, 5.41) is 3.03. The Kier molecular flexibility index (Phi) is 3.74. The molecule has 0 spiro atoms. The zero-order valence-electron chi connectivity index (χ0n) is 10.8. The van der Waals surface area contributed by atoms with Gasteiger partial charge in [0.1, 0.15) is 0 Å². The summed E-state index contributed by atoms with van der Waals surface area (Å²) in [5.74, 6) is 1.43. The van der Waals surface area contributed by atoms with Gasteiger partial charge in [0, 0.05) is 16.1 Å². The fourth-order valence-corrected chi connectivity index (χ4v) is 3.32. The maximum Gasteiger partial charge on any atom is 0.228 e. The molecule has 1 aromatic rings. The van der Waals surface area contributed by atoms with Crippen molar-refractivity contribution in [2.75, 3.05) is 5.32 Å². The third-order valence-electron chi connectivity index (χ3n) is 4.16. The molecule has 0 radical (unpaired) electrons. The van der Waals surface area contributed by atoms with Crippen molar-refractivity contribution in [1.82, 2.24) is 0 Å². The smallest absolute Gasteiger partial charge is 0.228 e. The normalized spacial score (nSPS) is 30.7. The van der Waals surface area contributed by atoms with Gasteiger partial charge >= 0.3 is 0 Å². The van der Waals surface area contributed by atoms with Crippen LogP contribution in [-0.4, -0.2) is 5.91 Å². The van der Waals surface area contributed by atoms with Crippen LogP contribution in [-0.2, 0) is 4.79 Å². The van der Waals surface area contributed by atoms with Crippen molar-refractivity contribution in [2.24, 2.45) is 17.8 Å². The van der Waals surface area contributed by atoms with Gasteiger partial charge in [-0.1, -0.05) is 34.5 Å². The van der Waals surface area contributed by atoms with Gasteiger partial charge in [-0.15, -0.1) is 0 Å². The van der Waals surface area contributed by atoms with Crippen LogP contribution in [0, 0.1) is 17.8 Å². The predicted octanol–water partition coefficient (Wildman–Crippen LogP) is 4.38. The molecule has 2 aliphatic carbocycles. The number of carbonyl (C=O) groups is 1. The van der Waals surface area contributed by atoms with E-state index in [2.05, 4.69) is 33.4 Å². The number of allylic oxidation sites excluding steroid dienone is 2. The molecule has 0 aliphatic heterocycles. The Morgan fingerprint density at radius 2 is 2.00 bits per heavy atom. The van der Waals surface area contributed by atoms with Gasteiger partial charge in [0.25, 0.3) is 0 Å². The molecule has 1 fully saturated rings. The van der Waals surface area contributed by atoms with Crippen LogP contribution in [0.3, 0.4) is 0 Å². The third-order valence-corrected chi connectivity index (χ3v) is 4.69. The van der Waals surface area contributed by atoms with Crippen LogP contribution in [0.4, 0.5) is 5.69 Å². The lowest BCUT2D eigenvalue weighted by atomic mass is 10.1. The molecule has 1 amide bonds. The monoisotopic (exact) mass is 319 g/mol. The molecule has 3 atom stereocenters. The number of hydrogen-bond acceptors (Lipinski definition) is 1. The van der Waals surface area contributed by atoms with E-state index in [9.17, 15) is 4.79 Å². The fraction of sp³-hybridized carbons (Fsp3) is 0.438. The SMILES string of the molecule is O=C(Nc1ccc(Br)cc1)[C@@H]1[C@H]2/C=C\CCCC[C@@H]21. The van der Waals surface area contributed by atoms with Crippen LogP contribution in [0.25, 0.3) is 0 Å². The molecule has 1 aromatic carbocycles. The van der Waals surface area contributed by atoms with E-state index in [1.807, 2.05) is 24.3 Å². The Morgan fingerprint density at radius 3 is 2.79 bits per heavy atom. The minimum atomic E-state index is 0.184. The number of halogens is 1. The van der Waals surface area contributed by atoms with E-state index >= 15 is 0 Å². The number of fused-ring (bicyclic) bond motifs is 1. The van der Waals surface area contributed by atoms with Crippen molar-refractivity contribution in [1.29, 1.82) is 0 Å². The Morgan fingerprint density at radius 1 is 1.21 bits per heavy atom. The van der Waals surface area contributed by atoms with Crippen molar-refractivity contribution < 1.29 is 4.79 Å². The minimum absolute atomic E-state index is 0.184. The van der Waals surface area contributed by atoms with Gasteiger partial charge in [-0.3, -0.25) is 4.79 Å². The summed E-state index contributed by atoms with van der Waals surface area (Å²) in [6.07, 6.45) is 9.41. The number of anilines is 1. The molecule has 1 N–H and O–H groups in total. The van der Waals surface area contributed by atoms with E-state index in [1.54, 1.807) is 0 Å². The van der Waals surface area contributed by atoms with Crippen molar-refractivity contribution in [3.63, 3.8) is 0 Å². The summed E-state index contributed by atoms with van der Waals surface area (Å²) in [5.41, 5.74) is 0.886. The van der Waals surface area contributed by atoms with Gasteiger partial charge in [0.05, 0.1) is 0 Å². The van der Waals surface area contributed by atoms with Crippen LogP contribution >= 0.6 is 15.9 Å². The maximum atomic E-state index is 12.3. The number of benzene rings is 1. The second-order valence-electron chi connectivity index (χ2n) is 5.48. The molecular weight excluding hydrogens is 302 g/mol. The lowest BCUT2D eigenvalue weighted by molar-refractivity contribution is -0.117. The summed E-state index contributed by atoms with van der Waals surface area (Å²) < 4.78 is 1.03.